The maximum absolute atomic E-state index is 3.29. The molecule has 0 saturated carbocycles. The molecule has 0 fully saturated rings. The number of rotatable bonds is 0. The first kappa shape index (κ1) is 8.30. The average molecular weight is 192 g/mol. The molecule has 0 aliphatic carbocycles. The van der Waals surface area contributed by atoms with Gasteiger partial charge in [0.05, 0.1) is 0 Å². The molecule has 2 aromatic carbocycles. The summed E-state index contributed by atoms with van der Waals surface area (Å²) in [7, 11) is 0. The molecule has 0 spiro atoms. The van der Waals surface area contributed by atoms with Crippen LogP contribution in [0.15, 0.2) is 42.5 Å². The minimum atomic E-state index is 1.11. The van der Waals surface area contributed by atoms with E-state index in [2.05, 4.69) is 41.7 Å². The standard InChI is InChI=1S/C14H10N/c1-2-7-13-10-15-14-8-4-3-6-12(14)9-11(13)5-1/h1-5,7-10,15H. The normalized spacial score (nSPS) is 12.3. The van der Waals surface area contributed by atoms with E-state index in [0.717, 1.165) is 11.3 Å². The Hall–Kier alpha value is -2.02. The third kappa shape index (κ3) is 1.42. The molecule has 1 nitrogen and oxygen atoms in total. The van der Waals surface area contributed by atoms with Crippen molar-refractivity contribution in [3.05, 3.63) is 64.5 Å². The molecule has 1 aliphatic rings. The number of benzene rings is 2. The van der Waals surface area contributed by atoms with Crippen molar-refractivity contribution in [3.63, 3.8) is 0 Å². The van der Waals surface area contributed by atoms with E-state index < -0.39 is 0 Å². The maximum atomic E-state index is 3.29. The van der Waals surface area contributed by atoms with E-state index in [-0.39, 0.29) is 0 Å². The molecule has 1 heteroatoms. The van der Waals surface area contributed by atoms with Crippen LogP contribution in [0.3, 0.4) is 0 Å². The van der Waals surface area contributed by atoms with Crippen LogP contribution in [0.25, 0.3) is 12.3 Å². The van der Waals surface area contributed by atoms with Crippen LogP contribution in [0.5, 0.6) is 0 Å². The van der Waals surface area contributed by atoms with Gasteiger partial charge in [-0.05, 0) is 28.6 Å². The van der Waals surface area contributed by atoms with Crippen molar-refractivity contribution in [2.75, 3.05) is 5.32 Å². The minimum Gasteiger partial charge on any atom is -0.361 e. The van der Waals surface area contributed by atoms with Crippen LogP contribution < -0.4 is 15.8 Å². The van der Waals surface area contributed by atoms with Gasteiger partial charge >= 0.3 is 0 Å². The molecule has 71 valence electrons. The maximum Gasteiger partial charge on any atom is 0.0460 e. The first-order valence-electron chi connectivity index (χ1n) is 4.98. The lowest BCUT2D eigenvalue weighted by Crippen LogP contribution is -2.23. The second-order valence-electron chi connectivity index (χ2n) is 3.56. The van der Waals surface area contributed by atoms with Gasteiger partial charge in [0.1, 0.15) is 0 Å². The van der Waals surface area contributed by atoms with Gasteiger partial charge in [-0.1, -0.05) is 36.4 Å². The van der Waals surface area contributed by atoms with Crippen molar-refractivity contribution < 1.29 is 0 Å². The molecule has 15 heavy (non-hydrogen) atoms. The van der Waals surface area contributed by atoms with Crippen LogP contribution in [0.4, 0.5) is 5.69 Å². The third-order valence-electron chi connectivity index (χ3n) is 2.57. The smallest absolute Gasteiger partial charge is 0.0460 e. The van der Waals surface area contributed by atoms with Crippen LogP contribution >= 0.6 is 0 Å². The van der Waals surface area contributed by atoms with E-state index in [0.29, 0.717) is 0 Å². The SMILES string of the molecule is [c]1cccc2c1C=c1ccccc1=CN2. The molecule has 1 N–H and O–H groups in total. The van der Waals surface area contributed by atoms with E-state index in [1.165, 1.54) is 10.4 Å². The summed E-state index contributed by atoms with van der Waals surface area (Å²) < 4.78 is 0. The predicted molar refractivity (Wildman–Crippen MR) is 62.6 cm³/mol. The Kier molecular flexibility index (Phi) is 1.82. The summed E-state index contributed by atoms with van der Waals surface area (Å²) in [6.07, 6.45) is 4.19. The predicted octanol–water partition coefficient (Wildman–Crippen LogP) is 1.48. The number of fused-ring (bicyclic) bond motifs is 2. The molecule has 0 unspecified atom stereocenters. The second kappa shape index (κ2) is 3.28. The average Bonchev–Trinajstić information content (AvgIpc) is 2.48. The Labute approximate surface area is 88.4 Å². The summed E-state index contributed by atoms with van der Waals surface area (Å²) in [5.74, 6) is 0. The van der Waals surface area contributed by atoms with E-state index in [1.54, 1.807) is 0 Å². The highest BCUT2D eigenvalue weighted by Crippen LogP contribution is 2.15. The summed E-state index contributed by atoms with van der Waals surface area (Å²) >= 11 is 0. The number of hydrogen-bond donors (Lipinski definition) is 1. The van der Waals surface area contributed by atoms with Crippen molar-refractivity contribution in [3.8, 4) is 0 Å². The Morgan fingerprint density at radius 2 is 1.80 bits per heavy atom. The molecule has 0 aromatic heterocycles. The Morgan fingerprint density at radius 3 is 2.73 bits per heavy atom. The van der Waals surface area contributed by atoms with Gasteiger partial charge < -0.3 is 5.32 Å². The Morgan fingerprint density at radius 1 is 0.933 bits per heavy atom. The van der Waals surface area contributed by atoms with Gasteiger partial charge in [-0.2, -0.15) is 0 Å². The van der Waals surface area contributed by atoms with Crippen LogP contribution in [0.1, 0.15) is 5.56 Å². The van der Waals surface area contributed by atoms with Crippen molar-refractivity contribution in [2.45, 2.75) is 0 Å². The zero-order chi connectivity index (χ0) is 10.1. The monoisotopic (exact) mass is 192 g/mol. The molecule has 0 atom stereocenters. The van der Waals surface area contributed by atoms with Crippen LogP contribution in [0, 0.1) is 6.07 Å². The first-order valence-corrected chi connectivity index (χ1v) is 4.98. The van der Waals surface area contributed by atoms with Gasteiger partial charge in [-0.25, -0.2) is 0 Å². The van der Waals surface area contributed by atoms with E-state index in [4.69, 9.17) is 0 Å². The van der Waals surface area contributed by atoms with E-state index >= 15 is 0 Å². The van der Waals surface area contributed by atoms with Gasteiger partial charge in [-0.15, -0.1) is 0 Å². The van der Waals surface area contributed by atoms with Crippen LogP contribution in [-0.2, 0) is 0 Å². The van der Waals surface area contributed by atoms with Crippen molar-refractivity contribution >= 4 is 18.0 Å². The fourth-order valence-electron chi connectivity index (χ4n) is 1.78. The zero-order valence-electron chi connectivity index (χ0n) is 8.20. The number of nitrogens with one attached hydrogen (secondary N) is 1. The van der Waals surface area contributed by atoms with Crippen molar-refractivity contribution in [1.82, 2.24) is 0 Å². The quantitative estimate of drug-likeness (QED) is 0.666. The second-order valence-corrected chi connectivity index (χ2v) is 3.56. The van der Waals surface area contributed by atoms with Crippen LogP contribution in [-0.4, -0.2) is 0 Å². The molecule has 0 amide bonds. The fraction of sp³-hybridized carbons (Fsp3) is 0. The number of hydrogen-bond acceptors (Lipinski definition) is 1. The molecule has 1 aliphatic heterocycles. The summed E-state index contributed by atoms with van der Waals surface area (Å²) in [5, 5.41) is 5.73. The van der Waals surface area contributed by atoms with Crippen molar-refractivity contribution in [1.29, 1.82) is 0 Å². The minimum absolute atomic E-state index is 1.11. The molecular weight excluding hydrogens is 182 g/mol. The Bertz CT molecular complexity index is 611. The topological polar surface area (TPSA) is 12.0 Å². The Balaban J connectivity index is 2.36. The molecule has 0 saturated heterocycles. The molecular formula is C14H10N. The van der Waals surface area contributed by atoms with Gasteiger partial charge in [0.15, 0.2) is 0 Å². The highest BCUT2D eigenvalue weighted by atomic mass is 14.8. The van der Waals surface area contributed by atoms with Crippen LogP contribution in [0.2, 0.25) is 0 Å². The molecule has 1 heterocycles. The van der Waals surface area contributed by atoms with Gasteiger partial charge in [0.25, 0.3) is 0 Å². The summed E-state index contributed by atoms with van der Waals surface area (Å²) in [4.78, 5) is 0. The lowest BCUT2D eigenvalue weighted by Gasteiger charge is -2.01. The first-order chi connectivity index (χ1) is 7.43. The fourth-order valence-corrected chi connectivity index (χ4v) is 1.78. The lowest BCUT2D eigenvalue weighted by atomic mass is 10.1. The zero-order valence-corrected chi connectivity index (χ0v) is 8.20. The molecule has 1 radical (unpaired) electrons. The molecule has 0 bridgehead atoms. The van der Waals surface area contributed by atoms with E-state index in [9.17, 15) is 0 Å². The summed E-state index contributed by atoms with van der Waals surface area (Å²) in [6, 6.07) is 17.5. The lowest BCUT2D eigenvalue weighted by molar-refractivity contribution is 1.52. The highest BCUT2D eigenvalue weighted by Gasteiger charge is 1.99. The number of anilines is 1. The largest absolute Gasteiger partial charge is 0.361 e. The molecule has 2 aromatic rings. The van der Waals surface area contributed by atoms with Gasteiger partial charge in [-0.3, -0.25) is 0 Å². The highest BCUT2D eigenvalue weighted by molar-refractivity contribution is 5.71. The summed E-state index contributed by atoms with van der Waals surface area (Å²) in [6.45, 7) is 0. The van der Waals surface area contributed by atoms with Gasteiger partial charge in [0.2, 0.25) is 0 Å². The van der Waals surface area contributed by atoms with Gasteiger partial charge in [0, 0.05) is 17.5 Å². The van der Waals surface area contributed by atoms with Crippen molar-refractivity contribution in [2.24, 2.45) is 0 Å². The van der Waals surface area contributed by atoms with E-state index in [1.807, 2.05) is 24.4 Å². The summed E-state index contributed by atoms with van der Waals surface area (Å²) in [5.41, 5.74) is 2.22. The molecule has 3 rings (SSSR count). The third-order valence-corrected chi connectivity index (χ3v) is 2.57.